The van der Waals surface area contributed by atoms with E-state index >= 15 is 0 Å². The monoisotopic (exact) mass is 386 g/mol. The van der Waals surface area contributed by atoms with Gasteiger partial charge in [0.1, 0.15) is 5.82 Å². The minimum atomic E-state index is -4.47. The zero-order chi connectivity index (χ0) is 19.4. The summed E-state index contributed by atoms with van der Waals surface area (Å²) in [5, 5.41) is 9.00. The molecule has 1 aromatic heterocycles. The van der Waals surface area contributed by atoms with Crippen molar-refractivity contribution in [1.82, 2.24) is 14.8 Å². The smallest absolute Gasteiger partial charge is 0.395 e. The summed E-state index contributed by atoms with van der Waals surface area (Å²) in [6.45, 7) is 4.02. The quantitative estimate of drug-likeness (QED) is 0.849. The second-order valence-corrected chi connectivity index (χ2v) is 7.05. The lowest BCUT2D eigenvalue weighted by Gasteiger charge is -2.39. The Balaban J connectivity index is 1.66. The Kier molecular flexibility index (Phi) is 6.21. The first-order chi connectivity index (χ1) is 12.9. The number of carbonyl (C=O) groups excluding carboxylic acids is 1. The van der Waals surface area contributed by atoms with Gasteiger partial charge in [-0.25, -0.2) is 4.98 Å². The molecule has 0 bridgehead atoms. The van der Waals surface area contributed by atoms with Crippen LogP contribution in [0.4, 0.5) is 19.0 Å². The van der Waals surface area contributed by atoms with Crippen LogP contribution in [0.5, 0.6) is 0 Å². The van der Waals surface area contributed by atoms with E-state index < -0.39 is 11.7 Å². The number of halogens is 3. The lowest BCUT2D eigenvalue weighted by atomic mass is 9.95. The number of aromatic nitrogens is 1. The van der Waals surface area contributed by atoms with Crippen molar-refractivity contribution in [1.29, 1.82) is 0 Å². The molecule has 2 aliphatic heterocycles. The van der Waals surface area contributed by atoms with Crippen LogP contribution in [-0.2, 0) is 11.0 Å². The molecule has 9 heteroatoms. The molecule has 0 spiro atoms. The third kappa shape index (κ3) is 4.70. The van der Waals surface area contributed by atoms with Crippen molar-refractivity contribution < 1.29 is 23.1 Å². The second-order valence-electron chi connectivity index (χ2n) is 7.05. The van der Waals surface area contributed by atoms with E-state index in [0.29, 0.717) is 52.1 Å². The lowest BCUT2D eigenvalue weighted by molar-refractivity contribution is -0.137. The zero-order valence-electron chi connectivity index (χ0n) is 15.2. The molecule has 0 radical (unpaired) electrons. The number of aliphatic hydroxyl groups is 1. The van der Waals surface area contributed by atoms with Crippen LogP contribution in [0.2, 0.25) is 0 Å². The number of nitrogens with zero attached hydrogens (tertiary/aromatic N) is 4. The van der Waals surface area contributed by atoms with E-state index in [1.54, 1.807) is 9.80 Å². The zero-order valence-corrected chi connectivity index (χ0v) is 15.2. The molecule has 150 valence electrons. The van der Waals surface area contributed by atoms with Gasteiger partial charge in [0.15, 0.2) is 0 Å². The first kappa shape index (κ1) is 19.9. The predicted molar refractivity (Wildman–Crippen MR) is 94.3 cm³/mol. The highest BCUT2D eigenvalue weighted by molar-refractivity contribution is 5.80. The first-order valence-corrected chi connectivity index (χ1v) is 9.29. The molecular weight excluding hydrogens is 361 g/mol. The van der Waals surface area contributed by atoms with Crippen molar-refractivity contribution in [2.75, 3.05) is 57.3 Å². The summed E-state index contributed by atoms with van der Waals surface area (Å²) in [5.41, 5.74) is -0.754. The molecule has 3 heterocycles. The third-order valence-electron chi connectivity index (χ3n) is 5.26. The van der Waals surface area contributed by atoms with Gasteiger partial charge < -0.3 is 14.9 Å². The normalized spacial score (nSPS) is 22.1. The SMILES string of the molecule is O=C(C1CCCN(c2ncccc2C(F)(F)F)C1)N1CCN(CCO)CC1. The van der Waals surface area contributed by atoms with Gasteiger partial charge in [-0.15, -0.1) is 0 Å². The number of piperazine rings is 1. The van der Waals surface area contributed by atoms with E-state index in [-0.39, 0.29) is 30.8 Å². The Hall–Kier alpha value is -1.87. The number of amides is 1. The number of hydrogen-bond acceptors (Lipinski definition) is 5. The lowest BCUT2D eigenvalue weighted by Crippen LogP contribution is -2.53. The van der Waals surface area contributed by atoms with Crippen molar-refractivity contribution in [3.05, 3.63) is 23.9 Å². The molecule has 1 atom stereocenters. The fourth-order valence-corrected chi connectivity index (χ4v) is 3.83. The standard InChI is InChI=1S/C18H25F3N4O2/c19-18(20,21)15-4-1-5-22-16(15)25-6-2-3-14(13-25)17(27)24-9-7-23(8-10-24)11-12-26/h1,4-5,14,26H,2-3,6-13H2. The van der Waals surface area contributed by atoms with E-state index in [9.17, 15) is 18.0 Å². The number of aliphatic hydroxyl groups excluding tert-OH is 1. The number of rotatable bonds is 4. The van der Waals surface area contributed by atoms with Gasteiger partial charge in [0.25, 0.3) is 0 Å². The highest BCUT2D eigenvalue weighted by Crippen LogP contribution is 2.36. The molecule has 27 heavy (non-hydrogen) atoms. The van der Waals surface area contributed by atoms with Gasteiger partial charge >= 0.3 is 6.18 Å². The molecule has 2 fully saturated rings. The molecule has 0 saturated carbocycles. The summed E-state index contributed by atoms with van der Waals surface area (Å²) < 4.78 is 39.9. The Labute approximate surface area is 156 Å². The number of hydrogen-bond donors (Lipinski definition) is 1. The largest absolute Gasteiger partial charge is 0.419 e. The molecule has 3 rings (SSSR count). The van der Waals surface area contributed by atoms with Gasteiger partial charge in [-0.3, -0.25) is 9.69 Å². The Morgan fingerprint density at radius 2 is 1.96 bits per heavy atom. The number of pyridine rings is 1. The number of carbonyl (C=O) groups is 1. The number of β-amino-alcohol motifs (C(OH)–C–C–N with tert-alkyl or cyclic N) is 1. The maximum atomic E-state index is 13.3. The fourth-order valence-electron chi connectivity index (χ4n) is 3.83. The molecule has 0 aromatic carbocycles. The van der Waals surface area contributed by atoms with Crippen LogP contribution in [0.25, 0.3) is 0 Å². The van der Waals surface area contributed by atoms with Gasteiger partial charge in [0, 0.05) is 52.0 Å². The molecule has 1 aromatic rings. The van der Waals surface area contributed by atoms with Crippen molar-refractivity contribution >= 4 is 11.7 Å². The predicted octanol–water partition coefficient (Wildman–Crippen LogP) is 1.45. The number of anilines is 1. The molecule has 2 aliphatic rings. The molecule has 6 nitrogen and oxygen atoms in total. The van der Waals surface area contributed by atoms with Crippen LogP contribution in [0.1, 0.15) is 18.4 Å². The van der Waals surface area contributed by atoms with E-state index in [0.717, 1.165) is 6.07 Å². The minimum Gasteiger partial charge on any atom is -0.395 e. The van der Waals surface area contributed by atoms with Crippen LogP contribution in [0.3, 0.4) is 0 Å². The molecule has 0 aliphatic carbocycles. The minimum absolute atomic E-state index is 0.00726. The van der Waals surface area contributed by atoms with Gasteiger partial charge in [-0.1, -0.05) is 0 Å². The van der Waals surface area contributed by atoms with Crippen LogP contribution >= 0.6 is 0 Å². The molecular formula is C18H25F3N4O2. The average molecular weight is 386 g/mol. The van der Waals surface area contributed by atoms with Crippen molar-refractivity contribution in [2.45, 2.75) is 19.0 Å². The van der Waals surface area contributed by atoms with Gasteiger partial charge in [0.05, 0.1) is 18.1 Å². The summed E-state index contributed by atoms with van der Waals surface area (Å²) in [4.78, 5) is 22.3. The summed E-state index contributed by atoms with van der Waals surface area (Å²) in [5.74, 6) is -0.394. The van der Waals surface area contributed by atoms with Crippen LogP contribution < -0.4 is 4.90 Å². The van der Waals surface area contributed by atoms with E-state index in [2.05, 4.69) is 9.88 Å². The van der Waals surface area contributed by atoms with Crippen LogP contribution in [0.15, 0.2) is 18.3 Å². The maximum Gasteiger partial charge on any atom is 0.419 e. The Bertz CT molecular complexity index is 648. The summed E-state index contributed by atoms with van der Waals surface area (Å²) >= 11 is 0. The Morgan fingerprint density at radius 3 is 2.63 bits per heavy atom. The van der Waals surface area contributed by atoms with Crippen molar-refractivity contribution in [3.63, 3.8) is 0 Å². The molecule has 1 unspecified atom stereocenters. The molecule has 1 N–H and O–H groups in total. The highest BCUT2D eigenvalue weighted by atomic mass is 19.4. The van der Waals surface area contributed by atoms with Crippen LogP contribution in [-0.4, -0.2) is 78.2 Å². The topological polar surface area (TPSA) is 59.9 Å². The summed E-state index contributed by atoms with van der Waals surface area (Å²) in [6, 6.07) is 2.32. The summed E-state index contributed by atoms with van der Waals surface area (Å²) in [7, 11) is 0. The molecule has 2 saturated heterocycles. The summed E-state index contributed by atoms with van der Waals surface area (Å²) in [6.07, 6.45) is -1.77. The van der Waals surface area contributed by atoms with Crippen LogP contribution in [0, 0.1) is 5.92 Å². The highest BCUT2D eigenvalue weighted by Gasteiger charge is 2.38. The van der Waals surface area contributed by atoms with Gasteiger partial charge in [-0.05, 0) is 25.0 Å². The number of alkyl halides is 3. The van der Waals surface area contributed by atoms with Crippen molar-refractivity contribution in [3.8, 4) is 0 Å². The van der Waals surface area contributed by atoms with E-state index in [1.165, 1.54) is 12.3 Å². The average Bonchev–Trinajstić information content (AvgIpc) is 2.68. The number of piperidine rings is 1. The maximum absolute atomic E-state index is 13.3. The van der Waals surface area contributed by atoms with E-state index in [1.807, 2.05) is 0 Å². The Morgan fingerprint density at radius 1 is 1.22 bits per heavy atom. The van der Waals surface area contributed by atoms with Gasteiger partial charge in [-0.2, -0.15) is 13.2 Å². The molecule has 1 amide bonds. The third-order valence-corrected chi connectivity index (χ3v) is 5.26. The van der Waals surface area contributed by atoms with Crippen molar-refractivity contribution in [2.24, 2.45) is 5.92 Å². The first-order valence-electron chi connectivity index (χ1n) is 9.29. The van der Waals surface area contributed by atoms with Gasteiger partial charge in [0.2, 0.25) is 5.91 Å². The van der Waals surface area contributed by atoms with E-state index in [4.69, 9.17) is 5.11 Å². The second kappa shape index (κ2) is 8.43. The fraction of sp³-hybridized carbons (Fsp3) is 0.667.